The highest BCUT2D eigenvalue weighted by atomic mass is 32.1. The van der Waals surface area contributed by atoms with Crippen molar-refractivity contribution in [2.24, 2.45) is 11.5 Å². The topological polar surface area (TPSA) is 52.0 Å². The van der Waals surface area contributed by atoms with Crippen LogP contribution < -0.4 is 11.5 Å². The van der Waals surface area contributed by atoms with Crippen LogP contribution in [0.15, 0.2) is 35.4 Å². The molecule has 0 aliphatic heterocycles. The Balaban J connectivity index is 2.52. The molecule has 0 radical (unpaired) electrons. The third-order valence-corrected chi connectivity index (χ3v) is 2.46. The number of aryl methyl sites for hydroxylation is 1. The third-order valence-electron chi connectivity index (χ3n) is 2.13. The van der Waals surface area contributed by atoms with E-state index < -0.39 is 0 Å². The predicted octanol–water partition coefficient (Wildman–Crippen LogP) is 1.81. The van der Waals surface area contributed by atoms with E-state index in [1.165, 1.54) is 5.56 Å². The average molecular weight is 208 g/mol. The monoisotopic (exact) mass is 208 g/mol. The maximum absolute atomic E-state index is 5.64. The molecule has 0 fully saturated rings. The highest BCUT2D eigenvalue weighted by molar-refractivity contribution is 7.83. The fourth-order valence-corrected chi connectivity index (χ4v) is 1.32. The molecule has 2 nitrogen and oxygen atoms in total. The Hall–Kier alpha value is -0.930. The van der Waals surface area contributed by atoms with Crippen molar-refractivity contribution in [2.75, 3.05) is 0 Å². The Morgan fingerprint density at radius 2 is 1.79 bits per heavy atom. The van der Waals surface area contributed by atoms with Crippen molar-refractivity contribution >= 4 is 12.6 Å². The van der Waals surface area contributed by atoms with Crippen molar-refractivity contribution in [3.05, 3.63) is 46.5 Å². The number of thiol groups is 1. The molecule has 0 spiro atoms. The maximum Gasteiger partial charge on any atom is 0.0178 e. The number of nitrogens with two attached hydrogens (primary N) is 2. The second kappa shape index (κ2) is 5.73. The number of rotatable bonds is 4. The van der Waals surface area contributed by atoms with Crippen molar-refractivity contribution in [1.29, 1.82) is 0 Å². The van der Waals surface area contributed by atoms with E-state index in [-0.39, 0.29) is 0 Å². The smallest absolute Gasteiger partial charge is 0.0178 e. The molecule has 1 aromatic carbocycles. The maximum atomic E-state index is 5.64. The van der Waals surface area contributed by atoms with Crippen LogP contribution in [0.1, 0.15) is 17.5 Å². The molecular formula is C11H16N2S. The van der Waals surface area contributed by atoms with Gasteiger partial charge in [0.2, 0.25) is 0 Å². The molecule has 1 aromatic rings. The molecule has 0 saturated carbocycles. The van der Waals surface area contributed by atoms with E-state index in [0.29, 0.717) is 6.54 Å². The fraction of sp³-hybridized carbons (Fsp3) is 0.273. The summed E-state index contributed by atoms with van der Waals surface area (Å²) in [6.45, 7) is 0.596. The van der Waals surface area contributed by atoms with E-state index in [1.54, 1.807) is 5.41 Å². The van der Waals surface area contributed by atoms with Gasteiger partial charge in [0.05, 0.1) is 0 Å². The van der Waals surface area contributed by atoms with Crippen LogP contribution in [0.2, 0.25) is 0 Å². The van der Waals surface area contributed by atoms with Gasteiger partial charge in [-0.25, -0.2) is 0 Å². The van der Waals surface area contributed by atoms with Gasteiger partial charge in [0.15, 0.2) is 0 Å². The molecule has 1 rings (SSSR count). The first kappa shape index (κ1) is 11.1. The number of hydrogen-bond acceptors (Lipinski definition) is 3. The first-order chi connectivity index (χ1) is 6.76. The van der Waals surface area contributed by atoms with E-state index in [0.717, 1.165) is 24.1 Å². The molecule has 0 unspecified atom stereocenters. The van der Waals surface area contributed by atoms with Crippen LogP contribution in [0.4, 0.5) is 0 Å². The van der Waals surface area contributed by atoms with E-state index in [9.17, 15) is 0 Å². The number of allylic oxidation sites excluding steroid dienone is 1. The van der Waals surface area contributed by atoms with Gasteiger partial charge in [0.25, 0.3) is 0 Å². The molecule has 0 aromatic heterocycles. The van der Waals surface area contributed by atoms with Crippen LogP contribution in [-0.2, 0) is 13.0 Å². The van der Waals surface area contributed by atoms with Crippen LogP contribution in [0.5, 0.6) is 0 Å². The molecule has 3 heteroatoms. The Morgan fingerprint density at radius 3 is 2.29 bits per heavy atom. The van der Waals surface area contributed by atoms with Crippen molar-refractivity contribution in [3.8, 4) is 0 Å². The minimum atomic E-state index is 0.596. The van der Waals surface area contributed by atoms with Crippen LogP contribution in [-0.4, -0.2) is 0 Å². The minimum absolute atomic E-state index is 0.596. The van der Waals surface area contributed by atoms with Gasteiger partial charge < -0.3 is 11.5 Å². The molecule has 0 aliphatic rings. The zero-order valence-electron chi connectivity index (χ0n) is 8.11. The summed E-state index contributed by atoms with van der Waals surface area (Å²) in [4.78, 5) is 0. The quantitative estimate of drug-likeness (QED) is 0.661. The van der Waals surface area contributed by atoms with Crippen molar-refractivity contribution in [2.45, 2.75) is 19.4 Å². The molecule has 14 heavy (non-hydrogen) atoms. The van der Waals surface area contributed by atoms with Crippen LogP contribution in [0, 0.1) is 0 Å². The van der Waals surface area contributed by atoms with Gasteiger partial charge in [-0.05, 0) is 29.4 Å². The van der Waals surface area contributed by atoms with Gasteiger partial charge in [-0.15, -0.1) is 12.6 Å². The van der Waals surface area contributed by atoms with E-state index in [4.69, 9.17) is 11.5 Å². The van der Waals surface area contributed by atoms with Crippen LogP contribution >= 0.6 is 12.6 Å². The minimum Gasteiger partial charge on any atom is -0.402 e. The highest BCUT2D eigenvalue weighted by Gasteiger charge is 1.95. The Labute approximate surface area is 90.4 Å². The Kier molecular flexibility index (Phi) is 4.56. The lowest BCUT2D eigenvalue weighted by Crippen LogP contribution is -1.99. The van der Waals surface area contributed by atoms with Crippen LogP contribution in [0.25, 0.3) is 0 Å². The lowest BCUT2D eigenvalue weighted by Gasteiger charge is -2.02. The van der Waals surface area contributed by atoms with E-state index in [2.05, 4.69) is 36.9 Å². The molecule has 0 atom stereocenters. The molecule has 4 N–H and O–H groups in total. The second-order valence-electron chi connectivity index (χ2n) is 3.22. The standard InChI is InChI=1S/C11H16N2S/c12-7-10-3-1-9(2-4-10)5-6-11(13)8-14/h1-4,8,14H,5-7,12-13H2/b11-8-. The predicted molar refractivity (Wildman–Crippen MR) is 63.9 cm³/mol. The lowest BCUT2D eigenvalue weighted by molar-refractivity contribution is 0.927. The van der Waals surface area contributed by atoms with Gasteiger partial charge in [-0.2, -0.15) is 0 Å². The highest BCUT2D eigenvalue weighted by Crippen LogP contribution is 2.08. The largest absolute Gasteiger partial charge is 0.402 e. The fourth-order valence-electron chi connectivity index (χ4n) is 1.20. The summed E-state index contributed by atoms with van der Waals surface area (Å²) in [5.41, 5.74) is 14.4. The normalized spacial score (nSPS) is 11.7. The molecule has 0 heterocycles. The van der Waals surface area contributed by atoms with Gasteiger partial charge in [0, 0.05) is 12.2 Å². The second-order valence-corrected chi connectivity index (χ2v) is 3.48. The van der Waals surface area contributed by atoms with Gasteiger partial charge in [-0.3, -0.25) is 0 Å². The summed E-state index contributed by atoms with van der Waals surface area (Å²) in [5, 5.41) is 1.65. The van der Waals surface area contributed by atoms with Crippen molar-refractivity contribution in [3.63, 3.8) is 0 Å². The van der Waals surface area contributed by atoms with Gasteiger partial charge in [-0.1, -0.05) is 24.3 Å². The van der Waals surface area contributed by atoms with Gasteiger partial charge in [0.1, 0.15) is 0 Å². The molecule has 0 amide bonds. The summed E-state index contributed by atoms with van der Waals surface area (Å²) < 4.78 is 0. The van der Waals surface area contributed by atoms with E-state index in [1.807, 2.05) is 0 Å². The lowest BCUT2D eigenvalue weighted by atomic mass is 10.1. The van der Waals surface area contributed by atoms with E-state index >= 15 is 0 Å². The number of benzene rings is 1. The molecular weight excluding hydrogens is 192 g/mol. The zero-order chi connectivity index (χ0) is 10.4. The van der Waals surface area contributed by atoms with Crippen molar-refractivity contribution in [1.82, 2.24) is 0 Å². The summed E-state index contributed by atoms with van der Waals surface area (Å²) in [5.74, 6) is 0. The summed E-state index contributed by atoms with van der Waals surface area (Å²) >= 11 is 3.99. The van der Waals surface area contributed by atoms with Crippen LogP contribution in [0.3, 0.4) is 0 Å². The van der Waals surface area contributed by atoms with Crippen molar-refractivity contribution < 1.29 is 0 Å². The first-order valence-electron chi connectivity index (χ1n) is 4.63. The zero-order valence-corrected chi connectivity index (χ0v) is 9.00. The first-order valence-corrected chi connectivity index (χ1v) is 5.14. The molecule has 0 bridgehead atoms. The number of hydrogen-bond donors (Lipinski definition) is 3. The summed E-state index contributed by atoms with van der Waals surface area (Å²) in [6.07, 6.45) is 1.80. The molecule has 76 valence electrons. The third kappa shape index (κ3) is 3.44. The van der Waals surface area contributed by atoms with Gasteiger partial charge >= 0.3 is 0 Å². The SMILES string of the molecule is NCc1ccc(CC/C(N)=C/S)cc1. The summed E-state index contributed by atoms with van der Waals surface area (Å²) in [6, 6.07) is 8.29. The molecule has 0 saturated heterocycles. The Bertz CT molecular complexity index is 304. The summed E-state index contributed by atoms with van der Waals surface area (Å²) in [7, 11) is 0. The average Bonchev–Trinajstić information content (AvgIpc) is 2.26. The Morgan fingerprint density at radius 1 is 1.21 bits per heavy atom. The molecule has 0 aliphatic carbocycles.